The van der Waals surface area contributed by atoms with Crippen LogP contribution in [-0.2, 0) is 29.0 Å². The number of carbonyl (C=O) groups is 3. The number of amides is 2. The summed E-state index contributed by atoms with van der Waals surface area (Å²) in [6.07, 6.45) is 3.96. The van der Waals surface area contributed by atoms with Gasteiger partial charge < -0.3 is 14.1 Å². The summed E-state index contributed by atoms with van der Waals surface area (Å²) < 4.78 is 7.30. The Morgan fingerprint density at radius 3 is 2.40 bits per heavy atom. The van der Waals surface area contributed by atoms with Crippen molar-refractivity contribution in [3.63, 3.8) is 0 Å². The summed E-state index contributed by atoms with van der Waals surface area (Å²) in [7, 11) is 1.63. The summed E-state index contributed by atoms with van der Waals surface area (Å²) in [5, 5.41) is 1.63. The summed E-state index contributed by atoms with van der Waals surface area (Å²) in [4.78, 5) is 42.9. The van der Waals surface area contributed by atoms with E-state index in [-0.39, 0.29) is 17.7 Å². The van der Waals surface area contributed by atoms with Crippen molar-refractivity contribution in [3.05, 3.63) is 64.8 Å². The Bertz CT molecular complexity index is 1170. The molecule has 7 nitrogen and oxygen atoms in total. The molecule has 7 heteroatoms. The predicted molar refractivity (Wildman–Crippen MR) is 108 cm³/mol. The van der Waals surface area contributed by atoms with E-state index in [0.717, 1.165) is 48.0 Å². The third kappa shape index (κ3) is 2.77. The van der Waals surface area contributed by atoms with E-state index in [1.54, 1.807) is 31.4 Å². The fourth-order valence-corrected chi connectivity index (χ4v) is 4.43. The molecule has 3 aromatic rings. The molecular weight excluding hydrogens is 384 g/mol. The van der Waals surface area contributed by atoms with Crippen molar-refractivity contribution in [3.8, 4) is 5.75 Å². The molecule has 0 saturated carbocycles. The van der Waals surface area contributed by atoms with Crippen LogP contribution in [0, 0.1) is 0 Å². The first kappa shape index (κ1) is 18.4. The van der Waals surface area contributed by atoms with Gasteiger partial charge in [-0.2, -0.15) is 0 Å². The van der Waals surface area contributed by atoms with Crippen LogP contribution < -0.4 is 4.74 Å². The van der Waals surface area contributed by atoms with Gasteiger partial charge in [0.05, 0.1) is 18.2 Å². The number of rotatable bonds is 4. The second-order valence-corrected chi connectivity index (χ2v) is 7.52. The number of hydrogen-bond acceptors (Lipinski definition) is 5. The van der Waals surface area contributed by atoms with E-state index in [1.807, 2.05) is 22.8 Å². The zero-order valence-electron chi connectivity index (χ0n) is 16.5. The standard InChI is InChI=1S/C23H20N2O5/c1-29-14-10-11-20-18(12-14)15-6-4-5-9-19(15)24(20)13-21(26)30-25-22(27)16-7-2-3-8-17(16)23(25)28/h2-3,7-8,10-12H,4-6,9,13H2,1H3. The number of fused-ring (bicyclic) bond motifs is 4. The molecule has 1 aliphatic heterocycles. The lowest BCUT2D eigenvalue weighted by Crippen LogP contribution is -2.34. The van der Waals surface area contributed by atoms with Crippen molar-refractivity contribution >= 4 is 28.7 Å². The summed E-state index contributed by atoms with van der Waals surface area (Å²) >= 11 is 0. The number of hydroxylamine groups is 2. The first-order valence-corrected chi connectivity index (χ1v) is 9.95. The second kappa shape index (κ2) is 7.02. The fraction of sp³-hybridized carbons (Fsp3) is 0.261. The molecule has 2 aromatic carbocycles. The molecule has 2 heterocycles. The lowest BCUT2D eigenvalue weighted by atomic mass is 9.95. The van der Waals surface area contributed by atoms with Crippen LogP contribution in [-0.4, -0.2) is 34.5 Å². The maximum atomic E-state index is 12.7. The molecule has 0 saturated heterocycles. The average Bonchev–Trinajstić information content (AvgIpc) is 3.21. The Labute approximate surface area is 172 Å². The molecule has 2 aliphatic rings. The number of aromatic nitrogens is 1. The van der Waals surface area contributed by atoms with Gasteiger partial charge in [0.25, 0.3) is 11.8 Å². The van der Waals surface area contributed by atoms with Crippen LogP contribution in [0.2, 0.25) is 0 Å². The molecular formula is C23H20N2O5. The second-order valence-electron chi connectivity index (χ2n) is 7.52. The van der Waals surface area contributed by atoms with E-state index < -0.39 is 17.8 Å². The number of aryl methyl sites for hydroxylation is 1. The minimum Gasteiger partial charge on any atom is -0.497 e. The minimum absolute atomic E-state index is 0.0778. The summed E-state index contributed by atoms with van der Waals surface area (Å²) in [6.45, 7) is -0.0778. The molecule has 0 fully saturated rings. The Morgan fingerprint density at radius 2 is 1.70 bits per heavy atom. The van der Waals surface area contributed by atoms with Crippen LogP contribution >= 0.6 is 0 Å². The number of carbonyl (C=O) groups excluding carboxylic acids is 3. The van der Waals surface area contributed by atoms with Crippen LogP contribution in [0.25, 0.3) is 10.9 Å². The van der Waals surface area contributed by atoms with Crippen LogP contribution in [0.4, 0.5) is 0 Å². The highest BCUT2D eigenvalue weighted by Crippen LogP contribution is 2.34. The quantitative estimate of drug-likeness (QED) is 0.624. The van der Waals surface area contributed by atoms with E-state index in [2.05, 4.69) is 0 Å². The monoisotopic (exact) mass is 404 g/mol. The zero-order chi connectivity index (χ0) is 20.8. The third-order valence-electron chi connectivity index (χ3n) is 5.82. The first-order valence-electron chi connectivity index (χ1n) is 9.95. The van der Waals surface area contributed by atoms with Crippen LogP contribution in [0.3, 0.4) is 0 Å². The summed E-state index contributed by atoms with van der Waals surface area (Å²) in [5.74, 6) is -1.13. The van der Waals surface area contributed by atoms with Crippen molar-refractivity contribution in [2.24, 2.45) is 0 Å². The molecule has 0 unspecified atom stereocenters. The molecule has 1 aliphatic carbocycles. The lowest BCUT2D eigenvalue weighted by Gasteiger charge is -2.17. The van der Waals surface area contributed by atoms with E-state index >= 15 is 0 Å². The van der Waals surface area contributed by atoms with Gasteiger partial charge in [-0.25, -0.2) is 4.79 Å². The average molecular weight is 404 g/mol. The van der Waals surface area contributed by atoms with Crippen molar-refractivity contribution in [2.75, 3.05) is 7.11 Å². The molecule has 0 N–H and O–H groups in total. The van der Waals surface area contributed by atoms with Crippen LogP contribution in [0.5, 0.6) is 5.75 Å². The van der Waals surface area contributed by atoms with Gasteiger partial charge in [0.15, 0.2) is 0 Å². The molecule has 30 heavy (non-hydrogen) atoms. The van der Waals surface area contributed by atoms with E-state index in [1.165, 1.54) is 5.56 Å². The van der Waals surface area contributed by atoms with Gasteiger partial charge in [-0.05, 0) is 61.6 Å². The fourth-order valence-electron chi connectivity index (χ4n) is 4.43. The Balaban J connectivity index is 1.44. The number of methoxy groups -OCH3 is 1. The van der Waals surface area contributed by atoms with E-state index in [4.69, 9.17) is 9.57 Å². The normalized spacial score (nSPS) is 15.3. The number of imide groups is 1. The highest BCUT2D eigenvalue weighted by molar-refractivity contribution is 6.20. The molecule has 0 atom stereocenters. The summed E-state index contributed by atoms with van der Waals surface area (Å²) in [6, 6.07) is 12.2. The molecule has 5 rings (SSSR count). The number of benzene rings is 2. The van der Waals surface area contributed by atoms with E-state index in [9.17, 15) is 14.4 Å². The highest BCUT2D eigenvalue weighted by atomic mass is 16.7. The molecule has 2 amide bonds. The van der Waals surface area contributed by atoms with Gasteiger partial charge in [-0.15, -0.1) is 0 Å². The molecule has 0 radical (unpaired) electrons. The topological polar surface area (TPSA) is 77.8 Å². The molecule has 0 bridgehead atoms. The van der Waals surface area contributed by atoms with Gasteiger partial charge in [0.2, 0.25) is 0 Å². The molecule has 1 aromatic heterocycles. The third-order valence-corrected chi connectivity index (χ3v) is 5.82. The smallest absolute Gasteiger partial charge is 0.352 e. The Morgan fingerprint density at radius 1 is 1.00 bits per heavy atom. The van der Waals surface area contributed by atoms with E-state index in [0.29, 0.717) is 5.06 Å². The lowest BCUT2D eigenvalue weighted by molar-refractivity contribution is -0.169. The number of nitrogens with zero attached hydrogens (tertiary/aromatic N) is 2. The van der Waals surface area contributed by atoms with Gasteiger partial charge >= 0.3 is 5.97 Å². The Kier molecular flexibility index (Phi) is 4.31. The van der Waals surface area contributed by atoms with Crippen molar-refractivity contribution in [1.29, 1.82) is 0 Å². The van der Waals surface area contributed by atoms with Gasteiger partial charge in [-0.1, -0.05) is 17.2 Å². The molecule has 152 valence electrons. The van der Waals surface area contributed by atoms with Crippen LogP contribution in [0.1, 0.15) is 44.8 Å². The minimum atomic E-state index is -0.661. The van der Waals surface area contributed by atoms with Crippen molar-refractivity contribution in [2.45, 2.75) is 32.2 Å². The predicted octanol–water partition coefficient (Wildman–Crippen LogP) is 3.28. The molecule has 0 spiro atoms. The SMILES string of the molecule is COc1ccc2c(c1)c1c(n2CC(=O)ON2C(=O)c3ccccc3C2=O)CCCC1. The largest absolute Gasteiger partial charge is 0.497 e. The maximum Gasteiger partial charge on any atom is 0.352 e. The summed E-state index contributed by atoms with van der Waals surface area (Å²) in [5.41, 5.74) is 3.73. The highest BCUT2D eigenvalue weighted by Gasteiger charge is 2.38. The zero-order valence-corrected chi connectivity index (χ0v) is 16.5. The van der Waals surface area contributed by atoms with Crippen molar-refractivity contribution in [1.82, 2.24) is 9.63 Å². The van der Waals surface area contributed by atoms with Gasteiger partial charge in [0.1, 0.15) is 12.3 Å². The maximum absolute atomic E-state index is 12.7. The Hall–Kier alpha value is -3.61. The van der Waals surface area contributed by atoms with Gasteiger partial charge in [0, 0.05) is 16.6 Å². The van der Waals surface area contributed by atoms with Gasteiger partial charge in [-0.3, -0.25) is 9.59 Å². The first-order chi connectivity index (χ1) is 14.6. The number of ether oxygens (including phenoxy) is 1. The van der Waals surface area contributed by atoms with Crippen molar-refractivity contribution < 1.29 is 24.0 Å². The number of hydrogen-bond donors (Lipinski definition) is 0. The van der Waals surface area contributed by atoms with Crippen LogP contribution in [0.15, 0.2) is 42.5 Å².